The Labute approximate surface area is 154 Å². The van der Waals surface area contributed by atoms with Crippen molar-refractivity contribution < 1.29 is 14.9 Å². The molecule has 0 aliphatic carbocycles. The van der Waals surface area contributed by atoms with Gasteiger partial charge in [-0.1, -0.05) is 42.1 Å². The lowest BCUT2D eigenvalue weighted by molar-refractivity contribution is -0.0432. The van der Waals surface area contributed by atoms with Gasteiger partial charge in [0.2, 0.25) is 5.95 Å². The zero-order valence-corrected chi connectivity index (χ0v) is 14.7. The van der Waals surface area contributed by atoms with Crippen LogP contribution in [0.3, 0.4) is 0 Å². The van der Waals surface area contributed by atoms with E-state index in [-0.39, 0.29) is 12.6 Å². The van der Waals surface area contributed by atoms with E-state index >= 15 is 0 Å². The van der Waals surface area contributed by atoms with E-state index in [4.69, 9.17) is 10.5 Å². The Bertz CT molecular complexity index is 904. The average molecular weight is 373 g/mol. The maximum atomic E-state index is 9.97. The molecule has 4 N–H and O–H groups in total. The van der Waals surface area contributed by atoms with E-state index in [0.717, 1.165) is 5.75 Å². The molecule has 26 heavy (non-hydrogen) atoms. The average Bonchev–Trinajstić information content (AvgIpc) is 3.23. The number of fused-ring (bicyclic) bond motifs is 1. The number of rotatable bonds is 5. The van der Waals surface area contributed by atoms with Gasteiger partial charge in [-0.3, -0.25) is 4.57 Å². The normalized spacial score (nSPS) is 22.9. The van der Waals surface area contributed by atoms with Crippen LogP contribution in [0.2, 0.25) is 0 Å². The molecule has 0 bridgehead atoms. The van der Waals surface area contributed by atoms with Gasteiger partial charge in [-0.15, -0.1) is 0 Å². The Balaban J connectivity index is 1.63. The van der Waals surface area contributed by atoms with Gasteiger partial charge in [0, 0.05) is 12.2 Å². The monoisotopic (exact) mass is 373 g/mol. The summed E-state index contributed by atoms with van der Waals surface area (Å²) in [5.41, 5.74) is 8.27. The number of hydrogen-bond acceptors (Lipinski definition) is 8. The van der Waals surface area contributed by atoms with Crippen LogP contribution in [-0.4, -0.2) is 48.5 Å². The van der Waals surface area contributed by atoms with E-state index in [9.17, 15) is 10.2 Å². The number of nitrogen functional groups attached to an aromatic ring is 1. The van der Waals surface area contributed by atoms with Crippen LogP contribution in [-0.2, 0) is 10.5 Å². The topological polar surface area (TPSA) is 119 Å². The fraction of sp³-hybridized carbons (Fsp3) is 0.353. The van der Waals surface area contributed by atoms with Crippen LogP contribution in [0.25, 0.3) is 11.2 Å². The molecule has 1 fully saturated rings. The van der Waals surface area contributed by atoms with Crippen molar-refractivity contribution in [2.75, 3.05) is 12.3 Å². The Kier molecular flexibility index (Phi) is 4.77. The third-order valence-corrected chi connectivity index (χ3v) is 5.36. The largest absolute Gasteiger partial charge is 0.394 e. The molecule has 0 unspecified atom stereocenters. The minimum atomic E-state index is -0.728. The minimum Gasteiger partial charge on any atom is -0.394 e. The molecule has 1 aromatic carbocycles. The second-order valence-electron chi connectivity index (χ2n) is 6.10. The maximum Gasteiger partial charge on any atom is 0.223 e. The van der Waals surface area contributed by atoms with E-state index in [0.29, 0.717) is 22.6 Å². The molecule has 0 spiro atoms. The molecule has 1 saturated heterocycles. The second kappa shape index (κ2) is 7.20. The highest BCUT2D eigenvalue weighted by Gasteiger charge is 2.35. The Hall–Kier alpha value is -2.20. The second-order valence-corrected chi connectivity index (χ2v) is 7.06. The van der Waals surface area contributed by atoms with Crippen molar-refractivity contribution in [1.82, 2.24) is 19.5 Å². The first kappa shape index (κ1) is 17.2. The van der Waals surface area contributed by atoms with Crippen LogP contribution >= 0.6 is 11.8 Å². The Morgan fingerprint density at radius 3 is 2.81 bits per heavy atom. The van der Waals surface area contributed by atoms with Gasteiger partial charge in [-0.2, -0.15) is 4.98 Å². The minimum absolute atomic E-state index is 0.159. The molecule has 2 aromatic heterocycles. The molecular weight excluding hydrogens is 354 g/mol. The Morgan fingerprint density at radius 1 is 1.27 bits per heavy atom. The van der Waals surface area contributed by atoms with Gasteiger partial charge in [-0.05, 0) is 5.56 Å². The van der Waals surface area contributed by atoms with Gasteiger partial charge in [0.1, 0.15) is 22.9 Å². The third-order valence-electron chi connectivity index (χ3n) is 4.32. The number of thioether (sulfide) groups is 1. The zero-order valence-electron chi connectivity index (χ0n) is 13.9. The summed E-state index contributed by atoms with van der Waals surface area (Å²) < 4.78 is 7.43. The standard InChI is InChI=1S/C17H19N5O3S/c18-17-20-15-14(16(21-17)26-8-10-4-2-1-3-5-10)19-9-22(15)13-6-11(24)12(7-23)25-13/h1-5,9,11-13,23-24H,6-8H2,(H2,18,20,21)/t11-,12-,13-/m0/s1. The third kappa shape index (κ3) is 3.26. The van der Waals surface area contributed by atoms with Crippen molar-refractivity contribution in [1.29, 1.82) is 0 Å². The van der Waals surface area contributed by atoms with Crippen LogP contribution in [0.15, 0.2) is 41.7 Å². The summed E-state index contributed by atoms with van der Waals surface area (Å²) in [6.07, 6.45) is 0.181. The number of aliphatic hydroxyl groups excluding tert-OH is 2. The number of hydrogen-bond donors (Lipinski definition) is 3. The number of imidazole rings is 1. The Morgan fingerprint density at radius 2 is 2.08 bits per heavy atom. The van der Waals surface area contributed by atoms with Crippen molar-refractivity contribution in [3.05, 3.63) is 42.2 Å². The SMILES string of the molecule is Nc1nc(SCc2ccccc2)c2ncn([C@@H]3C[C@H](O)[C@H](CO)O3)c2n1. The molecule has 3 heterocycles. The number of nitrogens with zero attached hydrogens (tertiary/aromatic N) is 4. The van der Waals surface area contributed by atoms with Gasteiger partial charge in [0.25, 0.3) is 0 Å². The molecule has 0 saturated carbocycles. The predicted molar refractivity (Wildman–Crippen MR) is 97.4 cm³/mol. The summed E-state index contributed by atoms with van der Waals surface area (Å²) in [6, 6.07) is 10.1. The fourth-order valence-corrected chi connectivity index (χ4v) is 3.93. The first-order valence-corrected chi connectivity index (χ1v) is 9.25. The molecule has 1 aliphatic heterocycles. The van der Waals surface area contributed by atoms with Gasteiger partial charge in [0.15, 0.2) is 5.65 Å². The summed E-state index contributed by atoms with van der Waals surface area (Å²) in [5, 5.41) is 19.9. The summed E-state index contributed by atoms with van der Waals surface area (Å²) >= 11 is 1.54. The van der Waals surface area contributed by atoms with E-state index in [1.165, 1.54) is 5.56 Å². The predicted octanol–water partition coefficient (Wildman–Crippen LogP) is 1.34. The summed E-state index contributed by atoms with van der Waals surface area (Å²) in [5.74, 6) is 0.900. The molecule has 3 aromatic rings. The van der Waals surface area contributed by atoms with Crippen molar-refractivity contribution in [2.45, 2.75) is 35.6 Å². The van der Waals surface area contributed by atoms with Crippen molar-refractivity contribution in [3.8, 4) is 0 Å². The number of anilines is 1. The molecule has 136 valence electrons. The smallest absolute Gasteiger partial charge is 0.223 e. The fourth-order valence-electron chi connectivity index (χ4n) is 2.99. The summed E-state index contributed by atoms with van der Waals surface area (Å²) in [6.45, 7) is -0.237. The van der Waals surface area contributed by atoms with E-state index in [1.807, 2.05) is 18.2 Å². The molecular formula is C17H19N5O3S. The highest BCUT2D eigenvalue weighted by Crippen LogP contribution is 2.33. The number of aromatic nitrogens is 4. The summed E-state index contributed by atoms with van der Waals surface area (Å²) in [4.78, 5) is 13.1. The van der Waals surface area contributed by atoms with Crippen LogP contribution < -0.4 is 5.73 Å². The van der Waals surface area contributed by atoms with E-state index in [2.05, 4.69) is 27.1 Å². The first-order valence-electron chi connectivity index (χ1n) is 8.27. The van der Waals surface area contributed by atoms with Gasteiger partial charge >= 0.3 is 0 Å². The lowest BCUT2D eigenvalue weighted by atomic mass is 10.2. The highest BCUT2D eigenvalue weighted by molar-refractivity contribution is 7.98. The zero-order chi connectivity index (χ0) is 18.1. The molecule has 8 nitrogen and oxygen atoms in total. The van der Waals surface area contributed by atoms with Crippen LogP contribution in [0, 0.1) is 0 Å². The number of nitrogens with two attached hydrogens (primary N) is 1. The molecule has 0 radical (unpaired) electrons. The lowest BCUT2D eigenvalue weighted by Gasteiger charge is -2.13. The van der Waals surface area contributed by atoms with Gasteiger partial charge in [0.05, 0.1) is 19.0 Å². The summed E-state index contributed by atoms with van der Waals surface area (Å²) in [7, 11) is 0. The van der Waals surface area contributed by atoms with Crippen molar-refractivity contribution in [3.63, 3.8) is 0 Å². The van der Waals surface area contributed by atoms with Crippen molar-refractivity contribution >= 4 is 28.9 Å². The van der Waals surface area contributed by atoms with Crippen molar-refractivity contribution in [2.24, 2.45) is 0 Å². The molecule has 0 amide bonds. The molecule has 4 rings (SSSR count). The van der Waals surface area contributed by atoms with Crippen LogP contribution in [0.5, 0.6) is 0 Å². The van der Waals surface area contributed by atoms with E-state index < -0.39 is 18.4 Å². The molecule has 9 heteroatoms. The maximum absolute atomic E-state index is 9.97. The molecule has 1 aliphatic rings. The van der Waals surface area contributed by atoms with E-state index in [1.54, 1.807) is 22.7 Å². The number of ether oxygens (including phenoxy) is 1. The first-order chi connectivity index (χ1) is 12.7. The van der Waals surface area contributed by atoms with Crippen LogP contribution in [0.4, 0.5) is 5.95 Å². The number of aliphatic hydroxyl groups is 2. The lowest BCUT2D eigenvalue weighted by Crippen LogP contribution is -2.24. The quantitative estimate of drug-likeness (QED) is 0.453. The number of benzene rings is 1. The highest BCUT2D eigenvalue weighted by atomic mass is 32.2. The van der Waals surface area contributed by atoms with Gasteiger partial charge in [-0.25, -0.2) is 9.97 Å². The van der Waals surface area contributed by atoms with Crippen LogP contribution in [0.1, 0.15) is 18.2 Å². The van der Waals surface area contributed by atoms with Gasteiger partial charge < -0.3 is 20.7 Å². The molecule has 3 atom stereocenters.